The molecule has 0 aromatic carbocycles. The first-order valence-electron chi connectivity index (χ1n) is 4.41. The van der Waals surface area contributed by atoms with Gasteiger partial charge in [0, 0.05) is 25.1 Å². The Hall–Kier alpha value is -0.160. The molecule has 0 aromatic heterocycles. The van der Waals surface area contributed by atoms with E-state index in [2.05, 4.69) is 5.32 Å². The van der Waals surface area contributed by atoms with Gasteiger partial charge in [-0.1, -0.05) is 6.92 Å². The molecule has 0 aromatic rings. The smallest absolute Gasteiger partial charge is 0.0927 e. The van der Waals surface area contributed by atoms with E-state index in [9.17, 15) is 10.2 Å². The van der Waals surface area contributed by atoms with E-state index in [1.165, 1.54) is 0 Å². The lowest BCUT2D eigenvalue weighted by Crippen LogP contribution is -2.57. The van der Waals surface area contributed by atoms with Crippen LogP contribution in [0, 0.1) is 5.92 Å². The van der Waals surface area contributed by atoms with E-state index >= 15 is 0 Å². The van der Waals surface area contributed by atoms with Crippen LogP contribution in [0.5, 0.6) is 0 Å². The molecule has 72 valence electrons. The lowest BCUT2D eigenvalue weighted by Gasteiger charge is -2.37. The predicted octanol–water partition coefficient (Wildman–Crippen LogP) is -1.30. The molecule has 0 spiro atoms. The average molecular weight is 175 g/mol. The number of nitrogens with one attached hydrogen (secondary N) is 1. The normalized spacial score (nSPS) is 43.0. The van der Waals surface area contributed by atoms with Crippen LogP contribution in [-0.4, -0.2) is 46.7 Å². The highest BCUT2D eigenvalue weighted by Crippen LogP contribution is 2.19. The summed E-state index contributed by atoms with van der Waals surface area (Å²) in [5.74, 6) is -0.237. The highest BCUT2D eigenvalue weighted by atomic mass is 16.3. The molecular formula is C8H17NO3. The summed E-state index contributed by atoms with van der Waals surface area (Å²) in [4.78, 5) is 0. The second-order valence-corrected chi connectivity index (χ2v) is 3.33. The van der Waals surface area contributed by atoms with Crippen LogP contribution in [0.25, 0.3) is 0 Å². The number of hydrogen-bond acceptors (Lipinski definition) is 4. The fraction of sp³-hybridized carbons (Fsp3) is 1.00. The van der Waals surface area contributed by atoms with E-state index in [0.717, 1.165) is 6.42 Å². The molecule has 4 atom stereocenters. The first-order chi connectivity index (χ1) is 5.70. The Morgan fingerprint density at radius 2 is 2.08 bits per heavy atom. The van der Waals surface area contributed by atoms with Crippen molar-refractivity contribution < 1.29 is 15.3 Å². The van der Waals surface area contributed by atoms with Crippen LogP contribution in [0.3, 0.4) is 0 Å². The molecule has 0 unspecified atom stereocenters. The van der Waals surface area contributed by atoms with Crippen molar-refractivity contribution in [2.24, 2.45) is 5.92 Å². The monoisotopic (exact) mass is 175 g/mol. The van der Waals surface area contributed by atoms with Crippen molar-refractivity contribution in [1.82, 2.24) is 5.32 Å². The van der Waals surface area contributed by atoms with Crippen LogP contribution < -0.4 is 5.32 Å². The van der Waals surface area contributed by atoms with E-state index in [1.54, 1.807) is 0 Å². The third kappa shape index (κ3) is 1.77. The van der Waals surface area contributed by atoms with Gasteiger partial charge in [-0.15, -0.1) is 0 Å². The summed E-state index contributed by atoms with van der Waals surface area (Å²) < 4.78 is 0. The maximum absolute atomic E-state index is 9.49. The molecule has 1 rings (SSSR count). The van der Waals surface area contributed by atoms with Crippen LogP contribution in [-0.2, 0) is 0 Å². The van der Waals surface area contributed by atoms with E-state index in [1.807, 2.05) is 6.92 Å². The highest BCUT2D eigenvalue weighted by molar-refractivity contribution is 4.90. The van der Waals surface area contributed by atoms with Gasteiger partial charge in [0.05, 0.1) is 12.2 Å². The summed E-state index contributed by atoms with van der Waals surface area (Å²) in [6.45, 7) is 2.32. The second kappa shape index (κ2) is 4.18. The zero-order valence-electron chi connectivity index (χ0n) is 7.27. The lowest BCUT2D eigenvalue weighted by atomic mass is 9.86. The number of aliphatic hydroxyl groups is 3. The molecular weight excluding hydrogens is 158 g/mol. The van der Waals surface area contributed by atoms with Crippen LogP contribution >= 0.6 is 0 Å². The third-order valence-corrected chi connectivity index (χ3v) is 2.59. The molecule has 0 amide bonds. The van der Waals surface area contributed by atoms with Gasteiger partial charge in [-0.2, -0.15) is 0 Å². The van der Waals surface area contributed by atoms with Crippen molar-refractivity contribution in [2.75, 3.05) is 13.2 Å². The number of aliphatic hydroxyl groups excluding tert-OH is 3. The maximum Gasteiger partial charge on any atom is 0.0927 e. The number of hydrogen-bond donors (Lipinski definition) is 4. The molecule has 1 saturated heterocycles. The number of β-amino-alcohol motifs (C(OH)–C–C–N with tert-alkyl or cyclic N) is 1. The van der Waals surface area contributed by atoms with Crippen LogP contribution in [0.2, 0.25) is 0 Å². The van der Waals surface area contributed by atoms with E-state index < -0.39 is 12.2 Å². The van der Waals surface area contributed by atoms with Crippen molar-refractivity contribution in [3.8, 4) is 0 Å². The molecule has 0 bridgehead atoms. The molecule has 0 radical (unpaired) electrons. The highest BCUT2D eigenvalue weighted by Gasteiger charge is 2.35. The fourth-order valence-corrected chi connectivity index (χ4v) is 1.75. The van der Waals surface area contributed by atoms with Crippen molar-refractivity contribution in [1.29, 1.82) is 0 Å². The van der Waals surface area contributed by atoms with Gasteiger partial charge >= 0.3 is 0 Å². The molecule has 4 heteroatoms. The molecule has 12 heavy (non-hydrogen) atoms. The Kier molecular flexibility index (Phi) is 3.46. The summed E-state index contributed by atoms with van der Waals surface area (Å²) in [5.41, 5.74) is 0. The van der Waals surface area contributed by atoms with Crippen molar-refractivity contribution >= 4 is 0 Å². The van der Waals surface area contributed by atoms with Gasteiger partial charge in [-0.3, -0.25) is 0 Å². The van der Waals surface area contributed by atoms with Crippen LogP contribution in [0.1, 0.15) is 13.3 Å². The summed E-state index contributed by atoms with van der Waals surface area (Å²) in [7, 11) is 0. The Labute approximate surface area is 72.2 Å². The Bertz CT molecular complexity index is 140. The minimum atomic E-state index is -0.791. The Morgan fingerprint density at radius 3 is 2.58 bits per heavy atom. The van der Waals surface area contributed by atoms with E-state index in [4.69, 9.17) is 5.11 Å². The SMILES string of the molecule is CC[C@@H]1NC[C@@H](O)[C@@H](O)[C@H]1CO. The first kappa shape index (κ1) is 9.92. The second-order valence-electron chi connectivity index (χ2n) is 3.33. The molecule has 4 N–H and O–H groups in total. The van der Waals surface area contributed by atoms with Gasteiger partial charge in [0.1, 0.15) is 0 Å². The van der Waals surface area contributed by atoms with Gasteiger partial charge in [-0.25, -0.2) is 0 Å². The zero-order valence-corrected chi connectivity index (χ0v) is 7.27. The minimum Gasteiger partial charge on any atom is -0.396 e. The molecule has 0 aliphatic carbocycles. The maximum atomic E-state index is 9.49. The van der Waals surface area contributed by atoms with Crippen molar-refractivity contribution in [3.63, 3.8) is 0 Å². The number of rotatable bonds is 2. The quantitative estimate of drug-likeness (QED) is 0.421. The molecule has 1 fully saturated rings. The average Bonchev–Trinajstić information content (AvgIpc) is 2.09. The largest absolute Gasteiger partial charge is 0.396 e. The Balaban J connectivity index is 2.58. The van der Waals surface area contributed by atoms with E-state index in [-0.39, 0.29) is 18.6 Å². The Morgan fingerprint density at radius 1 is 1.42 bits per heavy atom. The summed E-state index contributed by atoms with van der Waals surface area (Å²) in [6.07, 6.45) is -0.680. The van der Waals surface area contributed by atoms with Crippen LogP contribution in [0.15, 0.2) is 0 Å². The van der Waals surface area contributed by atoms with Gasteiger partial charge < -0.3 is 20.6 Å². The molecule has 1 heterocycles. The summed E-state index contributed by atoms with van der Waals surface area (Å²) >= 11 is 0. The first-order valence-corrected chi connectivity index (χ1v) is 4.41. The topological polar surface area (TPSA) is 72.7 Å². The van der Waals surface area contributed by atoms with E-state index in [0.29, 0.717) is 6.54 Å². The van der Waals surface area contributed by atoms with Crippen LogP contribution in [0.4, 0.5) is 0 Å². The summed E-state index contributed by atoms with van der Waals surface area (Å²) in [5, 5.41) is 30.8. The van der Waals surface area contributed by atoms with Crippen molar-refractivity contribution in [3.05, 3.63) is 0 Å². The zero-order chi connectivity index (χ0) is 9.14. The van der Waals surface area contributed by atoms with Gasteiger partial charge in [0.15, 0.2) is 0 Å². The molecule has 0 saturated carbocycles. The standard InChI is InChI=1S/C8H17NO3/c1-2-6-5(4-10)8(12)7(11)3-9-6/h5-12H,2-4H2,1H3/t5-,6-,7+,8-/m0/s1. The summed E-state index contributed by atoms with van der Waals surface area (Å²) in [6, 6.07) is 0.119. The fourth-order valence-electron chi connectivity index (χ4n) is 1.75. The molecule has 1 aliphatic heterocycles. The van der Waals surface area contributed by atoms with Gasteiger partial charge in [-0.05, 0) is 6.42 Å². The lowest BCUT2D eigenvalue weighted by molar-refractivity contribution is -0.0670. The van der Waals surface area contributed by atoms with Gasteiger partial charge in [0.25, 0.3) is 0 Å². The van der Waals surface area contributed by atoms with Crippen molar-refractivity contribution in [2.45, 2.75) is 31.6 Å². The number of piperidine rings is 1. The molecule has 1 aliphatic rings. The third-order valence-electron chi connectivity index (χ3n) is 2.59. The van der Waals surface area contributed by atoms with Gasteiger partial charge in [0.2, 0.25) is 0 Å². The predicted molar refractivity (Wildman–Crippen MR) is 44.7 cm³/mol. The molecule has 4 nitrogen and oxygen atoms in total. The minimum absolute atomic E-state index is 0.0796.